The number of nitrogens with one attached hydrogen (secondary N) is 1. The summed E-state index contributed by atoms with van der Waals surface area (Å²) in [6, 6.07) is 8.06. The van der Waals surface area contributed by atoms with Gasteiger partial charge in [-0.15, -0.1) is 0 Å². The number of rotatable bonds is 6. The minimum Gasteiger partial charge on any atom is -0.399 e. The van der Waals surface area contributed by atoms with Gasteiger partial charge in [0.1, 0.15) is 0 Å². The molecule has 22 heavy (non-hydrogen) atoms. The van der Waals surface area contributed by atoms with Gasteiger partial charge in [0.2, 0.25) is 5.91 Å². The molecule has 7 heteroatoms. The van der Waals surface area contributed by atoms with Crippen molar-refractivity contribution >= 4 is 30.4 Å². The molecule has 0 saturated carbocycles. The Balaban J connectivity index is 1.99. The van der Waals surface area contributed by atoms with Gasteiger partial charge >= 0.3 is 7.12 Å². The topological polar surface area (TPSA) is 73.6 Å². The maximum absolute atomic E-state index is 10.7. The molecule has 1 aromatic rings. The Bertz CT molecular complexity index is 535. The smallest absolute Gasteiger partial charge is 0.399 e. The maximum atomic E-state index is 10.7. The normalized spacial score (nSPS) is 19.4. The van der Waals surface area contributed by atoms with E-state index in [4.69, 9.17) is 15.0 Å². The highest BCUT2D eigenvalue weighted by atomic mass is 32.2. The van der Waals surface area contributed by atoms with E-state index in [1.54, 1.807) is 0 Å². The summed E-state index contributed by atoms with van der Waals surface area (Å²) in [6.07, 6.45) is 0. The van der Waals surface area contributed by atoms with Gasteiger partial charge in [-0.05, 0) is 38.7 Å². The lowest BCUT2D eigenvalue weighted by Crippen LogP contribution is -2.41. The second-order valence-corrected chi connectivity index (χ2v) is 7.28. The summed E-state index contributed by atoms with van der Waals surface area (Å²) in [7, 11) is -0.358. The van der Waals surface area contributed by atoms with Gasteiger partial charge in [0.25, 0.3) is 0 Å². The minimum absolute atomic E-state index is 0.261. The fraction of sp³-hybridized carbons (Fsp3) is 0.533. The molecule has 3 N–H and O–H groups in total. The van der Waals surface area contributed by atoms with Crippen LogP contribution in [0.5, 0.6) is 0 Å². The van der Waals surface area contributed by atoms with Gasteiger partial charge in [-0.1, -0.05) is 36.2 Å². The molecule has 5 nitrogen and oxygen atoms in total. The number of hydrogen-bond donors (Lipinski definition) is 2. The molecular weight excluding hydrogens is 299 g/mol. The molecule has 1 saturated heterocycles. The molecule has 0 aromatic heterocycles. The Morgan fingerprint density at radius 1 is 1.27 bits per heavy atom. The first-order valence-corrected chi connectivity index (χ1v) is 8.27. The van der Waals surface area contributed by atoms with Gasteiger partial charge in [-0.3, -0.25) is 9.52 Å². The van der Waals surface area contributed by atoms with Crippen LogP contribution in [0.3, 0.4) is 0 Å². The summed E-state index contributed by atoms with van der Waals surface area (Å²) in [4.78, 5) is 10.7. The standard InChI is InChI=1S/C15H23BN2O3S/c1-14(2)15(3,4)21-16(20-14)12-7-5-6-11(8-12)9-18-22-10-13(17)19/h5-8,18H,9-10H2,1-4H3,(H2,17,19). The monoisotopic (exact) mass is 322 g/mol. The van der Waals surface area contributed by atoms with E-state index in [9.17, 15) is 4.79 Å². The largest absolute Gasteiger partial charge is 0.494 e. The first kappa shape index (κ1) is 17.3. The molecule has 1 fully saturated rings. The number of amides is 1. The van der Waals surface area contributed by atoms with Gasteiger partial charge in [0, 0.05) is 6.54 Å². The number of hydrogen-bond acceptors (Lipinski definition) is 5. The van der Waals surface area contributed by atoms with Crippen molar-refractivity contribution in [2.75, 3.05) is 5.75 Å². The second kappa shape index (κ2) is 6.62. The van der Waals surface area contributed by atoms with E-state index in [0.717, 1.165) is 11.0 Å². The average Bonchev–Trinajstić information content (AvgIpc) is 2.64. The summed E-state index contributed by atoms with van der Waals surface area (Å²) in [5, 5.41) is 0. The highest BCUT2D eigenvalue weighted by Gasteiger charge is 2.51. The molecule has 0 bridgehead atoms. The van der Waals surface area contributed by atoms with Crippen LogP contribution in [0.15, 0.2) is 24.3 Å². The molecule has 2 rings (SSSR count). The van der Waals surface area contributed by atoms with E-state index in [1.165, 1.54) is 11.9 Å². The Morgan fingerprint density at radius 2 is 1.91 bits per heavy atom. The fourth-order valence-corrected chi connectivity index (χ4v) is 2.60. The number of primary amides is 1. The number of nitrogens with two attached hydrogens (primary N) is 1. The van der Waals surface area contributed by atoms with Gasteiger partial charge in [-0.2, -0.15) is 0 Å². The second-order valence-electron chi connectivity index (χ2n) is 6.41. The van der Waals surface area contributed by atoms with Crippen molar-refractivity contribution in [3.05, 3.63) is 29.8 Å². The zero-order valence-corrected chi connectivity index (χ0v) is 14.3. The van der Waals surface area contributed by atoms with Gasteiger partial charge in [0.05, 0.1) is 17.0 Å². The van der Waals surface area contributed by atoms with Gasteiger partial charge < -0.3 is 15.0 Å². The Kier molecular flexibility index (Phi) is 5.22. The minimum atomic E-state index is -0.358. The molecule has 1 aliphatic heterocycles. The number of carbonyl (C=O) groups is 1. The van der Waals surface area contributed by atoms with Crippen LogP contribution in [0, 0.1) is 0 Å². The summed E-state index contributed by atoms with van der Waals surface area (Å²) < 4.78 is 15.2. The zero-order chi connectivity index (χ0) is 16.4. The molecule has 0 aliphatic carbocycles. The lowest BCUT2D eigenvalue weighted by Gasteiger charge is -2.32. The van der Waals surface area contributed by atoms with Crippen LogP contribution in [0.4, 0.5) is 0 Å². The first-order chi connectivity index (χ1) is 10.2. The van der Waals surface area contributed by atoms with Crippen molar-refractivity contribution in [3.8, 4) is 0 Å². The molecular formula is C15H23BN2O3S. The molecule has 0 unspecified atom stereocenters. The quantitative estimate of drug-likeness (QED) is 0.468. The summed E-state index contributed by atoms with van der Waals surface area (Å²) >= 11 is 1.31. The molecule has 120 valence electrons. The first-order valence-electron chi connectivity index (χ1n) is 7.29. The van der Waals surface area contributed by atoms with Crippen LogP contribution in [-0.4, -0.2) is 30.0 Å². The van der Waals surface area contributed by atoms with Crippen molar-refractivity contribution in [1.82, 2.24) is 4.72 Å². The van der Waals surface area contributed by atoms with E-state index < -0.39 is 0 Å². The predicted octanol–water partition coefficient (Wildman–Crippen LogP) is 1.21. The third-order valence-electron chi connectivity index (χ3n) is 4.07. The van der Waals surface area contributed by atoms with Crippen LogP contribution in [-0.2, 0) is 20.6 Å². The third-order valence-corrected chi connectivity index (χ3v) is 4.85. The van der Waals surface area contributed by atoms with Crippen LogP contribution < -0.4 is 15.9 Å². The molecule has 1 amide bonds. The van der Waals surface area contributed by atoms with Gasteiger partial charge in [0.15, 0.2) is 0 Å². The lowest BCUT2D eigenvalue weighted by atomic mass is 9.78. The SMILES string of the molecule is CC1(C)OB(c2cccc(CNSCC(N)=O)c2)OC1(C)C. The molecule has 0 atom stereocenters. The number of benzene rings is 1. The summed E-state index contributed by atoms with van der Waals surface area (Å²) in [5.41, 5.74) is 6.51. The van der Waals surface area contributed by atoms with E-state index in [2.05, 4.69) is 10.8 Å². The van der Waals surface area contributed by atoms with Crippen LogP contribution >= 0.6 is 11.9 Å². The Hall–Kier alpha value is -1.02. The summed E-state index contributed by atoms with van der Waals surface area (Å²) in [5.74, 6) is -0.0693. The van der Waals surface area contributed by atoms with E-state index >= 15 is 0 Å². The molecule has 0 spiro atoms. The zero-order valence-electron chi connectivity index (χ0n) is 13.5. The van der Waals surface area contributed by atoms with Crippen LogP contribution in [0.2, 0.25) is 0 Å². The van der Waals surface area contributed by atoms with Crippen molar-refractivity contribution in [3.63, 3.8) is 0 Å². The molecule has 0 radical (unpaired) electrons. The van der Waals surface area contributed by atoms with Crippen molar-refractivity contribution < 1.29 is 14.1 Å². The number of carbonyl (C=O) groups excluding carboxylic acids is 1. The van der Waals surface area contributed by atoms with E-state index in [-0.39, 0.29) is 30.0 Å². The molecule has 1 heterocycles. The lowest BCUT2D eigenvalue weighted by molar-refractivity contribution is -0.115. The van der Waals surface area contributed by atoms with E-state index in [0.29, 0.717) is 6.54 Å². The highest BCUT2D eigenvalue weighted by Crippen LogP contribution is 2.36. The van der Waals surface area contributed by atoms with Crippen molar-refractivity contribution in [1.29, 1.82) is 0 Å². The average molecular weight is 322 g/mol. The summed E-state index contributed by atoms with van der Waals surface area (Å²) in [6.45, 7) is 8.81. The van der Waals surface area contributed by atoms with Gasteiger partial charge in [-0.25, -0.2) is 0 Å². The third kappa shape index (κ3) is 4.04. The molecule has 1 aromatic carbocycles. The van der Waals surface area contributed by atoms with Crippen molar-refractivity contribution in [2.24, 2.45) is 5.73 Å². The highest BCUT2D eigenvalue weighted by molar-refractivity contribution is 7.98. The van der Waals surface area contributed by atoms with E-state index in [1.807, 2.05) is 45.9 Å². The maximum Gasteiger partial charge on any atom is 0.494 e. The fourth-order valence-electron chi connectivity index (χ4n) is 2.09. The van der Waals surface area contributed by atoms with Crippen LogP contribution in [0.25, 0.3) is 0 Å². The predicted molar refractivity (Wildman–Crippen MR) is 90.7 cm³/mol. The Morgan fingerprint density at radius 3 is 2.50 bits per heavy atom. The molecule has 1 aliphatic rings. The van der Waals surface area contributed by atoms with Crippen molar-refractivity contribution in [2.45, 2.75) is 45.4 Å². The Labute approximate surface area is 136 Å². The van der Waals surface area contributed by atoms with Crippen LogP contribution in [0.1, 0.15) is 33.3 Å².